The van der Waals surface area contributed by atoms with Crippen LogP contribution in [0.3, 0.4) is 0 Å². The second kappa shape index (κ2) is 8.79. The highest BCUT2D eigenvalue weighted by molar-refractivity contribution is 6.42. The zero-order valence-electron chi connectivity index (χ0n) is 14.7. The predicted molar refractivity (Wildman–Crippen MR) is 112 cm³/mol. The van der Waals surface area contributed by atoms with Gasteiger partial charge >= 0.3 is 5.97 Å². The van der Waals surface area contributed by atoms with Gasteiger partial charge in [0, 0.05) is 5.69 Å². The second-order valence-corrected chi connectivity index (χ2v) is 7.06. The first-order valence-electron chi connectivity index (χ1n) is 8.53. The zero-order chi connectivity index (χ0) is 20.1. The van der Waals surface area contributed by atoms with E-state index in [1.54, 1.807) is 18.2 Å². The van der Waals surface area contributed by atoms with Gasteiger partial charge in [-0.25, -0.2) is 4.79 Å². The average Bonchev–Trinajstić information content (AvgIpc) is 2.70. The fourth-order valence-electron chi connectivity index (χ4n) is 2.79. The molecule has 3 aromatic carbocycles. The third kappa shape index (κ3) is 4.83. The highest BCUT2D eigenvalue weighted by Crippen LogP contribution is 2.25. The SMILES string of the molecule is N#Cc1ccc(Nc2ccc(CCc3ccc(Cl)c(Cl)c3)cc2)c(C(=O)O)c1. The van der Waals surface area contributed by atoms with Crippen LogP contribution in [-0.2, 0) is 12.8 Å². The highest BCUT2D eigenvalue weighted by Gasteiger charge is 2.11. The van der Waals surface area contributed by atoms with Crippen LogP contribution in [0.5, 0.6) is 0 Å². The van der Waals surface area contributed by atoms with Gasteiger partial charge in [0.1, 0.15) is 0 Å². The number of nitriles is 1. The first-order chi connectivity index (χ1) is 13.5. The molecule has 0 fully saturated rings. The Kier molecular flexibility index (Phi) is 6.20. The van der Waals surface area contributed by atoms with Crippen LogP contribution in [0.1, 0.15) is 27.0 Å². The Morgan fingerprint density at radius 3 is 2.25 bits per heavy atom. The van der Waals surface area contributed by atoms with Crippen molar-refractivity contribution >= 4 is 40.5 Å². The molecule has 0 heterocycles. The lowest BCUT2D eigenvalue weighted by Crippen LogP contribution is -2.03. The predicted octanol–water partition coefficient (Wildman–Crippen LogP) is 6.09. The maximum atomic E-state index is 11.4. The number of nitrogens with zero attached hydrogens (tertiary/aromatic N) is 1. The van der Waals surface area contributed by atoms with Crippen molar-refractivity contribution in [3.8, 4) is 6.07 Å². The minimum Gasteiger partial charge on any atom is -0.478 e. The Bertz CT molecular complexity index is 1060. The van der Waals surface area contributed by atoms with Crippen LogP contribution in [0, 0.1) is 11.3 Å². The summed E-state index contributed by atoms with van der Waals surface area (Å²) in [5, 5.41) is 22.5. The standard InChI is InChI=1S/C22H16Cl2N2O2/c23-19-9-5-15(12-20(19)24)2-1-14-3-7-17(8-4-14)26-21-10-6-16(13-25)11-18(21)22(27)28/h3-12,26H,1-2H2,(H,27,28). The van der Waals surface area contributed by atoms with E-state index < -0.39 is 5.97 Å². The van der Waals surface area contributed by atoms with Crippen molar-refractivity contribution in [1.29, 1.82) is 5.26 Å². The van der Waals surface area contributed by atoms with Crippen molar-refractivity contribution in [2.75, 3.05) is 5.32 Å². The Balaban J connectivity index is 1.68. The van der Waals surface area contributed by atoms with E-state index in [1.165, 1.54) is 6.07 Å². The van der Waals surface area contributed by atoms with Crippen molar-refractivity contribution in [2.24, 2.45) is 0 Å². The van der Waals surface area contributed by atoms with Gasteiger partial charge in [-0.15, -0.1) is 0 Å². The molecule has 2 N–H and O–H groups in total. The van der Waals surface area contributed by atoms with Gasteiger partial charge in [-0.1, -0.05) is 41.4 Å². The van der Waals surface area contributed by atoms with Gasteiger partial charge in [-0.2, -0.15) is 5.26 Å². The normalized spacial score (nSPS) is 10.3. The van der Waals surface area contributed by atoms with E-state index in [1.807, 2.05) is 42.5 Å². The first kappa shape index (κ1) is 19.8. The molecule has 4 nitrogen and oxygen atoms in total. The van der Waals surface area contributed by atoms with Crippen LogP contribution in [0.25, 0.3) is 0 Å². The molecular formula is C22H16Cl2N2O2. The van der Waals surface area contributed by atoms with Crippen LogP contribution in [0.2, 0.25) is 10.0 Å². The van der Waals surface area contributed by atoms with E-state index in [2.05, 4.69) is 5.32 Å². The van der Waals surface area contributed by atoms with Crippen molar-refractivity contribution in [3.05, 3.63) is 93.0 Å². The number of aryl methyl sites for hydroxylation is 2. The Morgan fingerprint density at radius 1 is 0.929 bits per heavy atom. The molecule has 0 aliphatic rings. The fraction of sp³-hybridized carbons (Fsp3) is 0.0909. The van der Waals surface area contributed by atoms with Gasteiger partial charge in [-0.05, 0) is 66.4 Å². The lowest BCUT2D eigenvalue weighted by Gasteiger charge is -2.11. The van der Waals surface area contributed by atoms with E-state index >= 15 is 0 Å². The van der Waals surface area contributed by atoms with Crippen LogP contribution in [-0.4, -0.2) is 11.1 Å². The number of carbonyl (C=O) groups is 1. The molecule has 0 aliphatic carbocycles. The van der Waals surface area contributed by atoms with Gasteiger partial charge < -0.3 is 10.4 Å². The molecule has 0 atom stereocenters. The van der Waals surface area contributed by atoms with E-state index in [4.69, 9.17) is 28.5 Å². The molecule has 0 radical (unpaired) electrons. The summed E-state index contributed by atoms with van der Waals surface area (Å²) >= 11 is 12.0. The number of anilines is 2. The molecule has 0 saturated heterocycles. The third-order valence-electron chi connectivity index (χ3n) is 4.30. The molecule has 0 unspecified atom stereocenters. The number of halogens is 2. The number of hydrogen-bond donors (Lipinski definition) is 2. The third-order valence-corrected chi connectivity index (χ3v) is 5.04. The molecule has 3 rings (SSSR count). The topological polar surface area (TPSA) is 73.1 Å². The summed E-state index contributed by atoms with van der Waals surface area (Å²) in [4.78, 5) is 11.4. The summed E-state index contributed by atoms with van der Waals surface area (Å²) < 4.78 is 0. The average molecular weight is 411 g/mol. The number of aromatic carboxylic acids is 1. The monoisotopic (exact) mass is 410 g/mol. The first-order valence-corrected chi connectivity index (χ1v) is 9.29. The molecule has 0 aliphatic heterocycles. The zero-order valence-corrected chi connectivity index (χ0v) is 16.3. The summed E-state index contributed by atoms with van der Waals surface area (Å²) in [7, 11) is 0. The number of hydrogen-bond acceptors (Lipinski definition) is 3. The number of carboxylic acids is 1. The maximum absolute atomic E-state index is 11.4. The number of nitrogens with one attached hydrogen (secondary N) is 1. The fourth-order valence-corrected chi connectivity index (χ4v) is 3.11. The molecule has 3 aromatic rings. The number of rotatable bonds is 6. The summed E-state index contributed by atoms with van der Waals surface area (Å²) in [6, 6.07) is 19.9. The van der Waals surface area contributed by atoms with Crippen molar-refractivity contribution in [3.63, 3.8) is 0 Å². The van der Waals surface area contributed by atoms with Crippen LogP contribution in [0.4, 0.5) is 11.4 Å². The van der Waals surface area contributed by atoms with E-state index in [9.17, 15) is 9.90 Å². The molecular weight excluding hydrogens is 395 g/mol. The summed E-state index contributed by atoms with van der Waals surface area (Å²) in [6.07, 6.45) is 1.68. The van der Waals surface area contributed by atoms with Gasteiger partial charge in [0.25, 0.3) is 0 Å². The molecule has 6 heteroatoms. The van der Waals surface area contributed by atoms with Crippen molar-refractivity contribution in [1.82, 2.24) is 0 Å². The Hall–Kier alpha value is -3.00. The molecule has 28 heavy (non-hydrogen) atoms. The molecule has 140 valence electrons. The molecule has 0 spiro atoms. The van der Waals surface area contributed by atoms with Gasteiger partial charge in [0.05, 0.1) is 32.9 Å². The quantitative estimate of drug-likeness (QED) is 0.515. The van der Waals surface area contributed by atoms with E-state index in [-0.39, 0.29) is 5.56 Å². The van der Waals surface area contributed by atoms with E-state index in [0.717, 1.165) is 29.7 Å². The molecule has 0 amide bonds. The Labute approximate surface area is 173 Å². The van der Waals surface area contributed by atoms with Crippen LogP contribution >= 0.6 is 23.2 Å². The van der Waals surface area contributed by atoms with Crippen LogP contribution in [0.15, 0.2) is 60.7 Å². The summed E-state index contributed by atoms with van der Waals surface area (Å²) in [5.41, 5.74) is 3.83. The van der Waals surface area contributed by atoms with Crippen molar-refractivity contribution < 1.29 is 9.90 Å². The summed E-state index contributed by atoms with van der Waals surface area (Å²) in [5.74, 6) is -1.09. The molecule has 0 aromatic heterocycles. The van der Waals surface area contributed by atoms with Crippen LogP contribution < -0.4 is 5.32 Å². The second-order valence-electron chi connectivity index (χ2n) is 6.25. The van der Waals surface area contributed by atoms with Gasteiger partial charge in [0.15, 0.2) is 0 Å². The Morgan fingerprint density at radius 2 is 1.61 bits per heavy atom. The lowest BCUT2D eigenvalue weighted by molar-refractivity contribution is 0.0698. The largest absolute Gasteiger partial charge is 0.478 e. The van der Waals surface area contributed by atoms with Gasteiger partial charge in [-0.3, -0.25) is 0 Å². The minimum atomic E-state index is -1.09. The maximum Gasteiger partial charge on any atom is 0.337 e. The van der Waals surface area contributed by atoms with E-state index in [0.29, 0.717) is 21.3 Å². The number of benzene rings is 3. The molecule has 0 saturated carbocycles. The highest BCUT2D eigenvalue weighted by atomic mass is 35.5. The minimum absolute atomic E-state index is 0.0581. The smallest absolute Gasteiger partial charge is 0.337 e. The number of carboxylic acid groups (broad SMARTS) is 1. The van der Waals surface area contributed by atoms with Crippen molar-refractivity contribution in [2.45, 2.75) is 12.8 Å². The lowest BCUT2D eigenvalue weighted by atomic mass is 10.0. The molecule has 0 bridgehead atoms. The summed E-state index contributed by atoms with van der Waals surface area (Å²) in [6.45, 7) is 0. The van der Waals surface area contributed by atoms with Gasteiger partial charge in [0.2, 0.25) is 0 Å².